The number of halogens is 2. The molecule has 0 unspecified atom stereocenters. The number of aromatic nitrogens is 6. The van der Waals surface area contributed by atoms with Crippen LogP contribution in [-0.2, 0) is 13.5 Å². The molecule has 3 aromatic rings. The van der Waals surface area contributed by atoms with Gasteiger partial charge in [0.1, 0.15) is 0 Å². The van der Waals surface area contributed by atoms with Crippen molar-refractivity contribution in [3.05, 3.63) is 39.2 Å². The average molecular weight is 396 g/mol. The third kappa shape index (κ3) is 3.03. The molecule has 120 valence electrons. The molecule has 0 saturated carbocycles. The number of aryl methyl sites for hydroxylation is 2. The van der Waals surface area contributed by atoms with Crippen LogP contribution in [0.3, 0.4) is 0 Å². The zero-order valence-corrected chi connectivity index (χ0v) is 15.4. The highest BCUT2D eigenvalue weighted by molar-refractivity contribution is 9.10. The van der Waals surface area contributed by atoms with Crippen LogP contribution in [0.4, 0.5) is 0 Å². The van der Waals surface area contributed by atoms with Crippen LogP contribution < -0.4 is 0 Å². The zero-order chi connectivity index (χ0) is 16.6. The molecule has 1 aromatic carbocycles. The van der Waals surface area contributed by atoms with Crippen LogP contribution in [0.1, 0.15) is 24.7 Å². The van der Waals surface area contributed by atoms with Crippen LogP contribution in [0.25, 0.3) is 17.2 Å². The van der Waals surface area contributed by atoms with Crippen LogP contribution in [-0.4, -0.2) is 29.8 Å². The Kier molecular flexibility index (Phi) is 4.50. The predicted octanol–water partition coefficient (Wildman–Crippen LogP) is 3.74. The van der Waals surface area contributed by atoms with E-state index < -0.39 is 0 Å². The molecule has 0 radical (unpaired) electrons. The van der Waals surface area contributed by atoms with E-state index in [2.05, 4.69) is 43.2 Å². The quantitative estimate of drug-likeness (QED) is 0.675. The second-order valence-corrected chi connectivity index (χ2v) is 6.56. The molecule has 0 atom stereocenters. The summed E-state index contributed by atoms with van der Waals surface area (Å²) in [5.41, 5.74) is 1.89. The molecule has 0 spiro atoms. The highest BCUT2D eigenvalue weighted by Gasteiger charge is 2.17. The van der Waals surface area contributed by atoms with Crippen LogP contribution in [0.2, 0.25) is 5.02 Å². The molecule has 0 aliphatic rings. The Bertz CT molecular complexity index is 831. The normalized spacial score (nSPS) is 11.2. The summed E-state index contributed by atoms with van der Waals surface area (Å²) in [4.78, 5) is 4.68. The van der Waals surface area contributed by atoms with E-state index in [-0.39, 0.29) is 0 Å². The summed E-state index contributed by atoms with van der Waals surface area (Å²) in [6.45, 7) is 4.07. The number of rotatable bonds is 4. The summed E-state index contributed by atoms with van der Waals surface area (Å²) < 4.78 is 4.37. The Morgan fingerprint density at radius 2 is 2.09 bits per heavy atom. The van der Waals surface area contributed by atoms with E-state index in [0.29, 0.717) is 5.02 Å². The van der Waals surface area contributed by atoms with Gasteiger partial charge >= 0.3 is 0 Å². The molecule has 0 fully saturated rings. The predicted molar refractivity (Wildman–Crippen MR) is 92.8 cm³/mol. The van der Waals surface area contributed by atoms with Gasteiger partial charge in [0, 0.05) is 28.5 Å². The Morgan fingerprint density at radius 1 is 1.30 bits per heavy atom. The van der Waals surface area contributed by atoms with Crippen molar-refractivity contribution in [2.24, 2.45) is 7.05 Å². The smallest absolute Gasteiger partial charge is 0.174 e. The first kappa shape index (κ1) is 16.1. The van der Waals surface area contributed by atoms with Crippen molar-refractivity contribution in [2.45, 2.75) is 26.7 Å². The summed E-state index contributed by atoms with van der Waals surface area (Å²) >= 11 is 9.88. The van der Waals surface area contributed by atoms with Gasteiger partial charge in [-0.15, -0.1) is 10.2 Å². The lowest BCUT2D eigenvalue weighted by Crippen LogP contribution is -2.06. The van der Waals surface area contributed by atoms with Gasteiger partial charge in [-0.1, -0.05) is 39.7 Å². The van der Waals surface area contributed by atoms with Crippen molar-refractivity contribution < 1.29 is 0 Å². The van der Waals surface area contributed by atoms with E-state index in [1.54, 1.807) is 15.6 Å². The first-order valence-electron chi connectivity index (χ1n) is 7.28. The molecular formula is C15H16BrClN6. The van der Waals surface area contributed by atoms with Gasteiger partial charge in [0.15, 0.2) is 17.5 Å². The Balaban J connectivity index is 2.20. The van der Waals surface area contributed by atoms with Crippen molar-refractivity contribution in [1.29, 1.82) is 0 Å². The van der Waals surface area contributed by atoms with Gasteiger partial charge in [-0.25, -0.2) is 9.67 Å². The number of benzene rings is 1. The maximum Gasteiger partial charge on any atom is 0.174 e. The molecular weight excluding hydrogens is 380 g/mol. The van der Waals surface area contributed by atoms with Crippen molar-refractivity contribution in [3.63, 3.8) is 0 Å². The molecule has 0 aliphatic carbocycles. The second kappa shape index (κ2) is 6.41. The van der Waals surface area contributed by atoms with Gasteiger partial charge in [0.25, 0.3) is 0 Å². The lowest BCUT2D eigenvalue weighted by atomic mass is 10.1. The first-order chi connectivity index (χ1) is 11.0. The van der Waals surface area contributed by atoms with Crippen LogP contribution in [0, 0.1) is 6.92 Å². The molecule has 2 aromatic heterocycles. The number of hydrogen-bond donors (Lipinski definition) is 0. The van der Waals surface area contributed by atoms with Crippen LogP contribution >= 0.6 is 27.5 Å². The van der Waals surface area contributed by atoms with Crippen molar-refractivity contribution in [2.75, 3.05) is 0 Å². The highest BCUT2D eigenvalue weighted by atomic mass is 79.9. The summed E-state index contributed by atoms with van der Waals surface area (Å²) in [6, 6.07) is 3.91. The zero-order valence-electron chi connectivity index (χ0n) is 13.1. The van der Waals surface area contributed by atoms with Gasteiger partial charge in [-0.05, 0) is 31.0 Å². The molecule has 3 rings (SSSR count). The first-order valence-corrected chi connectivity index (χ1v) is 8.45. The van der Waals surface area contributed by atoms with Gasteiger partial charge in [0.05, 0.1) is 6.20 Å². The van der Waals surface area contributed by atoms with Gasteiger partial charge in [-0.3, -0.25) is 0 Å². The molecule has 6 nitrogen and oxygen atoms in total. The minimum Gasteiger partial charge on any atom is -0.231 e. The third-order valence-electron chi connectivity index (χ3n) is 3.57. The van der Waals surface area contributed by atoms with Gasteiger partial charge in [0.2, 0.25) is 0 Å². The summed E-state index contributed by atoms with van der Waals surface area (Å²) in [6.07, 6.45) is 3.45. The van der Waals surface area contributed by atoms with E-state index in [9.17, 15) is 0 Å². The molecule has 8 heteroatoms. The minimum atomic E-state index is 0.684. The monoisotopic (exact) mass is 394 g/mol. The summed E-state index contributed by atoms with van der Waals surface area (Å²) in [5.74, 6) is 2.26. The average Bonchev–Trinajstić information content (AvgIpc) is 3.10. The molecule has 0 aliphatic heterocycles. The fraction of sp³-hybridized carbons (Fsp3) is 0.333. The fourth-order valence-electron chi connectivity index (χ4n) is 2.28. The van der Waals surface area contributed by atoms with Crippen LogP contribution in [0.15, 0.2) is 22.8 Å². The molecule has 2 heterocycles. The van der Waals surface area contributed by atoms with E-state index in [0.717, 1.165) is 45.9 Å². The molecule has 0 bridgehead atoms. The largest absolute Gasteiger partial charge is 0.231 e. The third-order valence-corrected chi connectivity index (χ3v) is 4.79. The fourth-order valence-corrected chi connectivity index (χ4v) is 3.07. The number of nitrogens with zero attached hydrogens (tertiary/aromatic N) is 6. The molecule has 23 heavy (non-hydrogen) atoms. The Morgan fingerprint density at radius 3 is 2.70 bits per heavy atom. The summed E-state index contributed by atoms with van der Waals surface area (Å²) in [7, 11) is 1.82. The summed E-state index contributed by atoms with van der Waals surface area (Å²) in [5, 5.41) is 13.2. The second-order valence-electron chi connectivity index (χ2n) is 5.29. The lowest BCUT2D eigenvalue weighted by molar-refractivity contribution is 0.668. The van der Waals surface area contributed by atoms with Crippen molar-refractivity contribution in [1.82, 2.24) is 29.8 Å². The van der Waals surface area contributed by atoms with Crippen molar-refractivity contribution >= 4 is 27.5 Å². The number of hydrogen-bond acceptors (Lipinski definition) is 4. The van der Waals surface area contributed by atoms with Gasteiger partial charge in [-0.2, -0.15) is 4.68 Å². The SMILES string of the molecule is CCCc1nc(-c2cc(Cl)c(C)c(Br)c2)n(-c2cnnn2C)n1. The van der Waals surface area contributed by atoms with E-state index >= 15 is 0 Å². The van der Waals surface area contributed by atoms with Gasteiger partial charge < -0.3 is 0 Å². The maximum absolute atomic E-state index is 6.33. The van der Waals surface area contributed by atoms with Crippen molar-refractivity contribution in [3.8, 4) is 17.2 Å². The topological polar surface area (TPSA) is 61.4 Å². The molecule has 0 N–H and O–H groups in total. The lowest BCUT2D eigenvalue weighted by Gasteiger charge is -2.08. The Hall–Kier alpha value is -1.73. The molecule has 0 amide bonds. The Labute approximate surface area is 147 Å². The van der Waals surface area contributed by atoms with E-state index in [1.807, 2.05) is 26.1 Å². The minimum absolute atomic E-state index is 0.684. The highest BCUT2D eigenvalue weighted by Crippen LogP contribution is 2.31. The standard InChI is InChI=1S/C15H16BrClN6/c1-4-5-13-19-15(10-6-11(16)9(2)12(17)7-10)23(20-13)14-8-18-21-22(14)3/h6-8H,4-5H2,1-3H3. The van der Waals surface area contributed by atoms with E-state index in [4.69, 9.17) is 11.6 Å². The van der Waals surface area contributed by atoms with E-state index in [1.165, 1.54) is 0 Å². The molecule has 0 saturated heterocycles. The van der Waals surface area contributed by atoms with Crippen LogP contribution in [0.5, 0.6) is 0 Å². The maximum atomic E-state index is 6.33.